The van der Waals surface area contributed by atoms with Gasteiger partial charge in [-0.2, -0.15) is 3.97 Å². The first-order valence-corrected chi connectivity index (χ1v) is 13.0. The van der Waals surface area contributed by atoms with Gasteiger partial charge in [0.05, 0.1) is 15.9 Å². The van der Waals surface area contributed by atoms with Gasteiger partial charge < -0.3 is 4.90 Å². The molecule has 186 valence electrons. The van der Waals surface area contributed by atoms with Crippen molar-refractivity contribution in [3.63, 3.8) is 0 Å². The molecule has 3 aromatic carbocycles. The molecule has 8 nitrogen and oxygen atoms in total. The number of benzene rings is 3. The van der Waals surface area contributed by atoms with Crippen molar-refractivity contribution in [1.82, 2.24) is 18.3 Å². The summed E-state index contributed by atoms with van der Waals surface area (Å²) in [4.78, 5) is 30.2. The summed E-state index contributed by atoms with van der Waals surface area (Å²) in [5, 5.41) is 0. The van der Waals surface area contributed by atoms with E-state index in [9.17, 15) is 22.4 Å². The molecule has 1 aromatic heterocycles. The van der Waals surface area contributed by atoms with Crippen LogP contribution in [0.1, 0.15) is 5.56 Å². The van der Waals surface area contributed by atoms with E-state index in [1.165, 1.54) is 16.2 Å². The zero-order valence-electron chi connectivity index (χ0n) is 19.5. The van der Waals surface area contributed by atoms with Crippen molar-refractivity contribution in [3.8, 4) is 0 Å². The molecule has 1 saturated heterocycles. The highest BCUT2D eigenvalue weighted by atomic mass is 32.2. The maximum atomic E-state index is 13.4. The van der Waals surface area contributed by atoms with Crippen LogP contribution in [0.15, 0.2) is 88.6 Å². The Hall–Kier alpha value is -3.76. The normalized spacial score (nSPS) is 14.9. The average Bonchev–Trinajstić information content (AvgIpc) is 3.17. The van der Waals surface area contributed by atoms with Crippen LogP contribution in [-0.2, 0) is 27.9 Å². The van der Waals surface area contributed by atoms with Crippen LogP contribution >= 0.6 is 0 Å². The number of amides is 1. The zero-order chi connectivity index (χ0) is 25.3. The number of halogens is 1. The molecule has 1 amide bonds. The number of aromatic nitrogens is 2. The SMILES string of the molecule is O=C(Cn1c(=O)n(S(=O)(=O)c2ccc(F)cc2)c2ccccc21)N1CCN(Cc2ccccc2)CC1. The molecule has 1 aliphatic heterocycles. The fraction of sp³-hybridized carbons (Fsp3) is 0.231. The molecule has 0 atom stereocenters. The molecule has 10 heteroatoms. The van der Waals surface area contributed by atoms with Gasteiger partial charge >= 0.3 is 5.69 Å². The maximum absolute atomic E-state index is 13.4. The van der Waals surface area contributed by atoms with Gasteiger partial charge in [0.2, 0.25) is 5.91 Å². The summed E-state index contributed by atoms with van der Waals surface area (Å²) in [7, 11) is -4.30. The molecule has 0 spiro atoms. The Kier molecular flexibility index (Phi) is 6.46. The molecule has 1 aliphatic rings. The van der Waals surface area contributed by atoms with E-state index in [1.807, 2.05) is 18.2 Å². The summed E-state index contributed by atoms with van der Waals surface area (Å²) < 4.78 is 41.8. The van der Waals surface area contributed by atoms with E-state index in [2.05, 4.69) is 17.0 Å². The van der Waals surface area contributed by atoms with Gasteiger partial charge in [-0.1, -0.05) is 42.5 Å². The number of rotatable bonds is 6. The first-order chi connectivity index (χ1) is 17.3. The van der Waals surface area contributed by atoms with Gasteiger partial charge in [0.25, 0.3) is 10.0 Å². The van der Waals surface area contributed by atoms with Crippen molar-refractivity contribution >= 4 is 27.0 Å². The van der Waals surface area contributed by atoms with E-state index < -0.39 is 21.5 Å². The van der Waals surface area contributed by atoms with Crippen molar-refractivity contribution in [1.29, 1.82) is 0 Å². The van der Waals surface area contributed by atoms with Crippen molar-refractivity contribution in [3.05, 3.63) is 101 Å². The van der Waals surface area contributed by atoms with Crippen molar-refractivity contribution in [2.24, 2.45) is 0 Å². The number of hydrogen-bond acceptors (Lipinski definition) is 5. The predicted molar refractivity (Wildman–Crippen MR) is 133 cm³/mol. The molecule has 0 aliphatic carbocycles. The Morgan fingerprint density at radius 2 is 1.42 bits per heavy atom. The molecule has 2 heterocycles. The third-order valence-electron chi connectivity index (χ3n) is 6.42. The molecule has 0 saturated carbocycles. The van der Waals surface area contributed by atoms with E-state index in [-0.39, 0.29) is 22.9 Å². The topological polar surface area (TPSA) is 84.6 Å². The van der Waals surface area contributed by atoms with Crippen LogP contribution in [0.2, 0.25) is 0 Å². The highest BCUT2D eigenvalue weighted by Gasteiger charge is 2.28. The highest BCUT2D eigenvalue weighted by Crippen LogP contribution is 2.20. The molecule has 0 unspecified atom stereocenters. The number of para-hydroxylation sites is 2. The third kappa shape index (κ3) is 4.57. The van der Waals surface area contributed by atoms with Crippen LogP contribution in [0.5, 0.6) is 0 Å². The molecule has 0 bridgehead atoms. The van der Waals surface area contributed by atoms with Crippen molar-refractivity contribution in [2.45, 2.75) is 18.0 Å². The van der Waals surface area contributed by atoms with E-state index >= 15 is 0 Å². The molecule has 5 rings (SSSR count). The van der Waals surface area contributed by atoms with Crippen LogP contribution in [-0.4, -0.2) is 58.8 Å². The second-order valence-electron chi connectivity index (χ2n) is 8.72. The number of piperazine rings is 1. The summed E-state index contributed by atoms with van der Waals surface area (Å²) in [6.07, 6.45) is 0. The number of carbonyl (C=O) groups excluding carboxylic acids is 1. The van der Waals surface area contributed by atoms with Crippen LogP contribution < -0.4 is 5.69 Å². The molecule has 0 radical (unpaired) electrons. The fourth-order valence-electron chi connectivity index (χ4n) is 4.51. The standard InChI is InChI=1S/C26H25FN4O4S/c27-21-10-12-22(13-11-21)36(34,35)31-24-9-5-4-8-23(24)30(26(31)33)19-25(32)29-16-14-28(15-17-29)18-20-6-2-1-3-7-20/h1-13H,14-19H2. The number of carbonyl (C=O) groups is 1. The van der Waals surface area contributed by atoms with E-state index in [1.54, 1.807) is 23.1 Å². The van der Waals surface area contributed by atoms with Gasteiger partial charge in [0.1, 0.15) is 12.4 Å². The lowest BCUT2D eigenvalue weighted by Gasteiger charge is -2.34. The van der Waals surface area contributed by atoms with E-state index in [0.717, 1.165) is 30.8 Å². The van der Waals surface area contributed by atoms with Crippen LogP contribution in [0.25, 0.3) is 11.0 Å². The third-order valence-corrected chi connectivity index (χ3v) is 8.12. The zero-order valence-corrected chi connectivity index (χ0v) is 20.3. The summed E-state index contributed by atoms with van der Waals surface area (Å²) in [5.41, 5.74) is 0.868. The lowest BCUT2D eigenvalue weighted by Crippen LogP contribution is -2.49. The van der Waals surface area contributed by atoms with Gasteiger partial charge in [-0.25, -0.2) is 17.6 Å². The Morgan fingerprint density at radius 1 is 0.806 bits per heavy atom. The summed E-state index contributed by atoms with van der Waals surface area (Å²) >= 11 is 0. The predicted octanol–water partition coefficient (Wildman–Crippen LogP) is 2.52. The maximum Gasteiger partial charge on any atom is 0.343 e. The summed E-state index contributed by atoms with van der Waals surface area (Å²) in [6, 6.07) is 20.8. The molecule has 0 N–H and O–H groups in total. The monoisotopic (exact) mass is 508 g/mol. The van der Waals surface area contributed by atoms with Gasteiger partial charge in [-0.3, -0.25) is 14.3 Å². The Balaban J connectivity index is 1.38. The highest BCUT2D eigenvalue weighted by molar-refractivity contribution is 7.90. The first kappa shape index (κ1) is 24.0. The minimum atomic E-state index is -4.30. The first-order valence-electron chi connectivity index (χ1n) is 11.6. The summed E-state index contributed by atoms with van der Waals surface area (Å²) in [5.74, 6) is -0.836. The van der Waals surface area contributed by atoms with Gasteiger partial charge in [0, 0.05) is 32.7 Å². The minimum absolute atomic E-state index is 0.160. The average molecular weight is 509 g/mol. The second kappa shape index (κ2) is 9.71. The molecule has 36 heavy (non-hydrogen) atoms. The minimum Gasteiger partial charge on any atom is -0.339 e. The van der Waals surface area contributed by atoms with E-state index in [4.69, 9.17) is 0 Å². The van der Waals surface area contributed by atoms with Gasteiger partial charge in [0.15, 0.2) is 0 Å². The molecule has 1 fully saturated rings. The van der Waals surface area contributed by atoms with Crippen molar-refractivity contribution < 1.29 is 17.6 Å². The lowest BCUT2D eigenvalue weighted by atomic mass is 10.2. The molecule has 4 aromatic rings. The summed E-state index contributed by atoms with van der Waals surface area (Å²) in [6.45, 7) is 2.98. The van der Waals surface area contributed by atoms with Crippen LogP contribution in [0.4, 0.5) is 4.39 Å². The Bertz CT molecular complexity index is 1560. The number of hydrogen-bond donors (Lipinski definition) is 0. The Morgan fingerprint density at radius 3 is 2.08 bits per heavy atom. The quantitative estimate of drug-likeness (QED) is 0.400. The fourth-order valence-corrected chi connectivity index (χ4v) is 5.92. The van der Waals surface area contributed by atoms with Gasteiger partial charge in [-0.05, 0) is 42.0 Å². The molecular weight excluding hydrogens is 483 g/mol. The Labute approximate surface area is 207 Å². The lowest BCUT2D eigenvalue weighted by molar-refractivity contribution is -0.133. The largest absolute Gasteiger partial charge is 0.343 e. The van der Waals surface area contributed by atoms with Crippen LogP contribution in [0.3, 0.4) is 0 Å². The number of fused-ring (bicyclic) bond motifs is 1. The smallest absolute Gasteiger partial charge is 0.339 e. The number of imidazole rings is 1. The van der Waals surface area contributed by atoms with Gasteiger partial charge in [-0.15, -0.1) is 0 Å². The number of nitrogens with zero attached hydrogens (tertiary/aromatic N) is 4. The van der Waals surface area contributed by atoms with Crippen LogP contribution in [0, 0.1) is 5.82 Å². The molecular formula is C26H25FN4O4S. The van der Waals surface area contributed by atoms with Crippen molar-refractivity contribution in [2.75, 3.05) is 26.2 Å². The second-order valence-corrected chi connectivity index (χ2v) is 10.5. The van der Waals surface area contributed by atoms with E-state index in [0.29, 0.717) is 35.7 Å².